The van der Waals surface area contributed by atoms with Crippen molar-refractivity contribution in [3.05, 3.63) is 53.5 Å². The van der Waals surface area contributed by atoms with Crippen LogP contribution < -0.4 is 5.32 Å². The number of aryl methyl sites for hydroxylation is 2. The Kier molecular flexibility index (Phi) is 4.47. The van der Waals surface area contributed by atoms with Crippen LogP contribution in [0.5, 0.6) is 0 Å². The molecule has 1 saturated heterocycles. The zero-order chi connectivity index (χ0) is 17.3. The Hall–Kier alpha value is -2.12. The molecule has 7 heteroatoms. The summed E-state index contributed by atoms with van der Waals surface area (Å²) < 4.78 is 33.2. The molecule has 0 aliphatic carbocycles. The summed E-state index contributed by atoms with van der Waals surface area (Å²) in [4.78, 5) is 12.2. The van der Waals surface area contributed by atoms with Gasteiger partial charge in [-0.25, -0.2) is 8.42 Å². The average molecular weight is 348 g/mol. The molecule has 1 aliphatic rings. The molecule has 1 aliphatic heterocycles. The van der Waals surface area contributed by atoms with Gasteiger partial charge in [-0.05, 0) is 25.5 Å². The molecule has 0 saturated carbocycles. The molecule has 0 bridgehead atoms. The van der Waals surface area contributed by atoms with Crippen LogP contribution in [0.15, 0.2) is 45.7 Å². The maximum Gasteiger partial charge on any atom is 0.247 e. The van der Waals surface area contributed by atoms with E-state index in [1.165, 1.54) is 10.4 Å². The van der Waals surface area contributed by atoms with Crippen LogP contribution in [-0.4, -0.2) is 31.7 Å². The van der Waals surface area contributed by atoms with E-state index in [1.54, 1.807) is 13.8 Å². The second-order valence-electron chi connectivity index (χ2n) is 5.87. The molecular weight excluding hydrogens is 328 g/mol. The third-order valence-corrected chi connectivity index (χ3v) is 6.16. The predicted octanol–water partition coefficient (Wildman–Crippen LogP) is 2.15. The lowest BCUT2D eigenvalue weighted by Crippen LogP contribution is -2.36. The fourth-order valence-corrected chi connectivity index (χ4v) is 4.88. The highest BCUT2D eigenvalue weighted by atomic mass is 32.2. The highest BCUT2D eigenvalue weighted by Crippen LogP contribution is 2.33. The van der Waals surface area contributed by atoms with Crippen LogP contribution in [0.4, 0.5) is 0 Å². The molecule has 6 nitrogen and oxygen atoms in total. The summed E-state index contributed by atoms with van der Waals surface area (Å²) in [5.74, 6) is 0.760. The summed E-state index contributed by atoms with van der Waals surface area (Å²) in [5.41, 5.74) is 0.802. The summed E-state index contributed by atoms with van der Waals surface area (Å²) in [6, 6.07) is 10.2. The fraction of sp³-hybridized carbons (Fsp3) is 0.353. The van der Waals surface area contributed by atoms with Crippen molar-refractivity contribution in [3.8, 4) is 0 Å². The fourth-order valence-electron chi connectivity index (χ4n) is 3.05. The van der Waals surface area contributed by atoms with Gasteiger partial charge in [0.2, 0.25) is 15.9 Å². The highest BCUT2D eigenvalue weighted by molar-refractivity contribution is 7.89. The minimum Gasteiger partial charge on any atom is -0.465 e. The normalized spacial score (nSPS) is 19.8. The lowest BCUT2D eigenvalue weighted by Gasteiger charge is -2.28. The first-order chi connectivity index (χ1) is 11.4. The van der Waals surface area contributed by atoms with Crippen LogP contribution in [0.25, 0.3) is 0 Å². The van der Waals surface area contributed by atoms with Crippen LogP contribution in [0, 0.1) is 13.8 Å². The summed E-state index contributed by atoms with van der Waals surface area (Å²) in [6.45, 7) is 3.86. The van der Waals surface area contributed by atoms with Crippen molar-refractivity contribution in [2.24, 2.45) is 0 Å². The number of carbonyl (C=O) groups excluding carboxylic acids is 1. The lowest BCUT2D eigenvalue weighted by molar-refractivity contribution is -0.121. The van der Waals surface area contributed by atoms with Gasteiger partial charge in [-0.15, -0.1) is 0 Å². The van der Waals surface area contributed by atoms with Crippen molar-refractivity contribution < 1.29 is 17.6 Å². The van der Waals surface area contributed by atoms with Crippen molar-refractivity contribution in [1.29, 1.82) is 0 Å². The molecule has 1 aromatic carbocycles. The van der Waals surface area contributed by atoms with Crippen molar-refractivity contribution in [3.63, 3.8) is 0 Å². The molecule has 3 rings (SSSR count). The quantitative estimate of drug-likeness (QED) is 0.922. The molecule has 1 fully saturated rings. The maximum absolute atomic E-state index is 13.2. The van der Waals surface area contributed by atoms with Crippen LogP contribution in [0.2, 0.25) is 0 Å². The number of nitrogens with zero attached hydrogens (tertiary/aromatic N) is 1. The van der Waals surface area contributed by atoms with Crippen LogP contribution in [0.1, 0.15) is 29.5 Å². The second kappa shape index (κ2) is 6.41. The molecule has 1 atom stereocenters. The molecule has 1 amide bonds. The van der Waals surface area contributed by atoms with E-state index in [2.05, 4.69) is 5.32 Å². The van der Waals surface area contributed by atoms with E-state index in [4.69, 9.17) is 4.42 Å². The predicted molar refractivity (Wildman–Crippen MR) is 88.9 cm³/mol. The van der Waals surface area contributed by atoms with Crippen LogP contribution in [-0.2, 0) is 14.8 Å². The Morgan fingerprint density at radius 1 is 1.21 bits per heavy atom. The average Bonchev–Trinajstić information content (AvgIpc) is 2.77. The number of furan rings is 1. The number of nitrogens with one attached hydrogen (secondary N) is 1. The molecule has 0 radical (unpaired) electrons. The van der Waals surface area contributed by atoms with Gasteiger partial charge in [-0.2, -0.15) is 4.31 Å². The Bertz CT molecular complexity index is 843. The minimum absolute atomic E-state index is 0.0964. The Morgan fingerprint density at radius 2 is 1.92 bits per heavy atom. The van der Waals surface area contributed by atoms with Crippen molar-refractivity contribution in [1.82, 2.24) is 9.62 Å². The molecule has 128 valence electrons. The SMILES string of the molecule is Cc1cc(S(=O)(=O)N2CCNC(=O)CC2c2ccccc2)c(C)o1. The van der Waals surface area contributed by atoms with E-state index in [0.29, 0.717) is 11.5 Å². The van der Waals surface area contributed by atoms with Gasteiger partial charge in [-0.3, -0.25) is 4.79 Å². The second-order valence-corrected chi connectivity index (χ2v) is 7.73. The molecule has 2 heterocycles. The van der Waals surface area contributed by atoms with Crippen LogP contribution >= 0.6 is 0 Å². The summed E-state index contributed by atoms with van der Waals surface area (Å²) in [5, 5.41) is 2.75. The first kappa shape index (κ1) is 16.7. The van der Waals surface area contributed by atoms with Gasteiger partial charge >= 0.3 is 0 Å². The van der Waals surface area contributed by atoms with E-state index in [-0.39, 0.29) is 30.3 Å². The maximum atomic E-state index is 13.2. The number of sulfonamides is 1. The molecule has 0 spiro atoms. The number of carbonyl (C=O) groups is 1. The van der Waals surface area contributed by atoms with Crippen molar-refractivity contribution in [2.45, 2.75) is 31.2 Å². The van der Waals surface area contributed by atoms with Crippen molar-refractivity contribution in [2.75, 3.05) is 13.1 Å². The molecule has 1 N–H and O–H groups in total. The molecule has 1 unspecified atom stereocenters. The van der Waals surface area contributed by atoms with Gasteiger partial charge in [0.15, 0.2) is 0 Å². The number of hydrogen-bond acceptors (Lipinski definition) is 4. The van der Waals surface area contributed by atoms with Gasteiger partial charge in [-0.1, -0.05) is 30.3 Å². The zero-order valence-corrected chi connectivity index (χ0v) is 14.5. The van der Waals surface area contributed by atoms with E-state index in [0.717, 1.165) is 5.56 Å². The zero-order valence-electron chi connectivity index (χ0n) is 13.7. The summed E-state index contributed by atoms with van der Waals surface area (Å²) in [7, 11) is -3.77. The summed E-state index contributed by atoms with van der Waals surface area (Å²) >= 11 is 0. The Labute approximate surface area is 141 Å². The third-order valence-electron chi connectivity index (χ3n) is 4.15. The van der Waals surface area contributed by atoms with Gasteiger partial charge in [0, 0.05) is 19.5 Å². The number of benzene rings is 1. The first-order valence-corrected chi connectivity index (χ1v) is 9.24. The molecule has 1 aromatic heterocycles. The lowest BCUT2D eigenvalue weighted by atomic mass is 10.0. The first-order valence-electron chi connectivity index (χ1n) is 7.80. The minimum atomic E-state index is -3.77. The topological polar surface area (TPSA) is 79.6 Å². The summed E-state index contributed by atoms with van der Waals surface area (Å²) in [6.07, 6.45) is 0.0964. The smallest absolute Gasteiger partial charge is 0.247 e. The van der Waals surface area contributed by atoms with E-state index >= 15 is 0 Å². The number of rotatable bonds is 3. The third kappa shape index (κ3) is 3.09. The highest BCUT2D eigenvalue weighted by Gasteiger charge is 2.37. The molecular formula is C17H20N2O4S. The standard InChI is InChI=1S/C17H20N2O4S/c1-12-10-16(13(2)23-12)24(21,22)19-9-8-18-17(20)11-15(19)14-6-4-3-5-7-14/h3-7,10,15H,8-9,11H2,1-2H3,(H,18,20). The van der Waals surface area contributed by atoms with Crippen LogP contribution in [0.3, 0.4) is 0 Å². The van der Waals surface area contributed by atoms with Gasteiger partial charge in [0.1, 0.15) is 16.4 Å². The van der Waals surface area contributed by atoms with Gasteiger partial charge in [0.25, 0.3) is 0 Å². The van der Waals surface area contributed by atoms with Gasteiger partial charge < -0.3 is 9.73 Å². The van der Waals surface area contributed by atoms with Gasteiger partial charge in [0.05, 0.1) is 6.04 Å². The van der Waals surface area contributed by atoms with E-state index < -0.39 is 16.1 Å². The number of amides is 1. The largest absolute Gasteiger partial charge is 0.465 e. The van der Waals surface area contributed by atoms with Crippen molar-refractivity contribution >= 4 is 15.9 Å². The number of hydrogen-bond donors (Lipinski definition) is 1. The Morgan fingerprint density at radius 3 is 2.54 bits per heavy atom. The monoisotopic (exact) mass is 348 g/mol. The molecule has 24 heavy (non-hydrogen) atoms. The molecule has 2 aromatic rings. The Balaban J connectivity index is 2.08. The van der Waals surface area contributed by atoms with E-state index in [1.807, 2.05) is 30.3 Å². The van der Waals surface area contributed by atoms with E-state index in [9.17, 15) is 13.2 Å².